The Balaban J connectivity index is 2.48. The van der Waals surface area contributed by atoms with Gasteiger partial charge < -0.3 is 24.2 Å². The van der Waals surface area contributed by atoms with Gasteiger partial charge >= 0.3 is 0 Å². The fourth-order valence-corrected chi connectivity index (χ4v) is 3.48. The Morgan fingerprint density at radius 1 is 1.10 bits per heavy atom. The number of quaternary nitrogens is 1. The molecule has 1 aliphatic rings. The maximum atomic E-state index is 10.5. The number of benzene rings is 1. The van der Waals surface area contributed by atoms with Crippen molar-refractivity contribution in [1.82, 2.24) is 0 Å². The van der Waals surface area contributed by atoms with Crippen LogP contribution in [0.5, 0.6) is 11.5 Å². The lowest BCUT2D eigenvalue weighted by atomic mass is 9.99. The quantitative estimate of drug-likeness (QED) is 0.823. The van der Waals surface area contributed by atoms with Gasteiger partial charge in [0.25, 0.3) is 0 Å². The van der Waals surface area contributed by atoms with Crippen molar-refractivity contribution in [3.05, 3.63) is 23.8 Å². The Labute approximate surface area is 126 Å². The van der Waals surface area contributed by atoms with Crippen molar-refractivity contribution < 1.29 is 24.2 Å². The SMILES string of the molecule is CC[N+]1(C)[C@H](c2ccc(OC)c(OC)c2)[C@H](O)[C@@H](O)[C@@H]1C. The highest BCUT2D eigenvalue weighted by atomic mass is 16.5. The third-order valence-electron chi connectivity index (χ3n) is 5.16. The molecule has 21 heavy (non-hydrogen) atoms. The van der Waals surface area contributed by atoms with E-state index in [9.17, 15) is 10.2 Å². The van der Waals surface area contributed by atoms with Crippen LogP contribution in [-0.4, -0.2) is 60.8 Å². The molecule has 1 heterocycles. The third kappa shape index (κ3) is 2.39. The maximum absolute atomic E-state index is 10.5. The molecule has 5 heteroatoms. The van der Waals surface area contributed by atoms with Gasteiger partial charge in [0.05, 0.1) is 27.8 Å². The number of methoxy groups -OCH3 is 2. The number of hydrogen-bond donors (Lipinski definition) is 2. The van der Waals surface area contributed by atoms with Crippen LogP contribution in [0.15, 0.2) is 18.2 Å². The number of likely N-dealkylation sites (N-methyl/N-ethyl adjacent to an activating group) is 1. The van der Waals surface area contributed by atoms with E-state index in [2.05, 4.69) is 14.0 Å². The number of rotatable bonds is 4. The van der Waals surface area contributed by atoms with Gasteiger partial charge in [0.1, 0.15) is 24.3 Å². The van der Waals surface area contributed by atoms with Crippen LogP contribution in [0, 0.1) is 0 Å². The first kappa shape index (κ1) is 16.1. The Hall–Kier alpha value is -1.30. The van der Waals surface area contributed by atoms with Crippen molar-refractivity contribution >= 4 is 0 Å². The fraction of sp³-hybridized carbons (Fsp3) is 0.625. The van der Waals surface area contributed by atoms with Gasteiger partial charge in [-0.1, -0.05) is 0 Å². The van der Waals surface area contributed by atoms with Crippen molar-refractivity contribution in [3.8, 4) is 11.5 Å². The molecule has 1 aromatic rings. The van der Waals surface area contributed by atoms with Gasteiger partial charge in [-0.25, -0.2) is 0 Å². The summed E-state index contributed by atoms with van der Waals surface area (Å²) in [6.45, 7) is 4.89. The number of aliphatic hydroxyl groups excluding tert-OH is 2. The highest BCUT2D eigenvalue weighted by Gasteiger charge is 2.55. The molecule has 2 N–H and O–H groups in total. The molecule has 0 spiro atoms. The number of hydrogen-bond acceptors (Lipinski definition) is 4. The van der Waals surface area contributed by atoms with E-state index in [0.717, 1.165) is 12.1 Å². The molecular weight excluding hydrogens is 270 g/mol. The first-order valence-electron chi connectivity index (χ1n) is 7.33. The minimum atomic E-state index is -0.789. The van der Waals surface area contributed by atoms with Gasteiger partial charge in [0.15, 0.2) is 11.5 Å². The Bertz CT molecular complexity index is 507. The summed E-state index contributed by atoms with van der Waals surface area (Å²) in [7, 11) is 5.27. The van der Waals surface area contributed by atoms with Crippen LogP contribution >= 0.6 is 0 Å². The molecule has 1 fully saturated rings. The van der Waals surface area contributed by atoms with E-state index in [1.165, 1.54) is 0 Å². The highest BCUT2D eigenvalue weighted by Crippen LogP contribution is 2.44. The summed E-state index contributed by atoms with van der Waals surface area (Å²) in [4.78, 5) is 0. The zero-order valence-electron chi connectivity index (χ0n) is 13.4. The predicted octanol–water partition coefficient (Wildman–Crippen LogP) is 1.34. The van der Waals surface area contributed by atoms with Gasteiger partial charge in [0.2, 0.25) is 0 Å². The maximum Gasteiger partial charge on any atom is 0.161 e. The van der Waals surface area contributed by atoms with Crippen LogP contribution in [-0.2, 0) is 0 Å². The average Bonchev–Trinajstić information content (AvgIpc) is 2.68. The van der Waals surface area contributed by atoms with Crippen molar-refractivity contribution in [2.45, 2.75) is 38.1 Å². The molecule has 0 radical (unpaired) electrons. The van der Waals surface area contributed by atoms with E-state index in [4.69, 9.17) is 9.47 Å². The van der Waals surface area contributed by atoms with Gasteiger partial charge in [-0.3, -0.25) is 0 Å². The number of ether oxygens (including phenoxy) is 2. The van der Waals surface area contributed by atoms with E-state index < -0.39 is 12.2 Å². The van der Waals surface area contributed by atoms with E-state index >= 15 is 0 Å². The van der Waals surface area contributed by atoms with E-state index in [1.807, 2.05) is 25.1 Å². The lowest BCUT2D eigenvalue weighted by Gasteiger charge is -2.39. The lowest BCUT2D eigenvalue weighted by molar-refractivity contribution is -0.948. The summed E-state index contributed by atoms with van der Waals surface area (Å²) >= 11 is 0. The minimum Gasteiger partial charge on any atom is -0.493 e. The van der Waals surface area contributed by atoms with Gasteiger partial charge in [-0.05, 0) is 32.0 Å². The molecule has 1 saturated heterocycles. The molecule has 5 atom stereocenters. The van der Waals surface area contributed by atoms with E-state index in [1.54, 1.807) is 14.2 Å². The Kier molecular flexibility index (Phi) is 4.46. The summed E-state index contributed by atoms with van der Waals surface area (Å²) in [5, 5.41) is 20.8. The normalized spacial score (nSPS) is 35.8. The average molecular weight is 296 g/mol. The molecule has 1 aromatic carbocycles. The second kappa shape index (κ2) is 5.83. The predicted molar refractivity (Wildman–Crippen MR) is 80.5 cm³/mol. The van der Waals surface area contributed by atoms with Crippen LogP contribution in [0.25, 0.3) is 0 Å². The number of nitrogens with zero attached hydrogens (tertiary/aromatic N) is 1. The summed E-state index contributed by atoms with van der Waals surface area (Å²) in [6, 6.07) is 5.47. The van der Waals surface area contributed by atoms with Gasteiger partial charge in [0, 0.05) is 5.56 Å². The number of likely N-dealkylation sites (tertiary alicyclic amines) is 1. The molecule has 2 rings (SSSR count). The van der Waals surface area contributed by atoms with E-state index in [0.29, 0.717) is 16.0 Å². The second-order valence-electron chi connectivity index (χ2n) is 5.94. The Morgan fingerprint density at radius 3 is 2.24 bits per heavy atom. The lowest BCUT2D eigenvalue weighted by Crippen LogP contribution is -2.50. The van der Waals surface area contributed by atoms with Crippen LogP contribution in [0.2, 0.25) is 0 Å². The van der Waals surface area contributed by atoms with Crippen LogP contribution in [0.1, 0.15) is 25.5 Å². The second-order valence-corrected chi connectivity index (χ2v) is 5.94. The highest BCUT2D eigenvalue weighted by molar-refractivity contribution is 5.44. The van der Waals surface area contributed by atoms with Crippen molar-refractivity contribution in [1.29, 1.82) is 0 Å². The van der Waals surface area contributed by atoms with Crippen LogP contribution in [0.4, 0.5) is 0 Å². The summed E-state index contributed by atoms with van der Waals surface area (Å²) in [5.41, 5.74) is 0.952. The third-order valence-corrected chi connectivity index (χ3v) is 5.16. The zero-order valence-corrected chi connectivity index (χ0v) is 13.4. The molecule has 0 aliphatic carbocycles. The zero-order chi connectivity index (χ0) is 15.8. The van der Waals surface area contributed by atoms with Crippen LogP contribution in [0.3, 0.4) is 0 Å². The largest absolute Gasteiger partial charge is 0.493 e. The van der Waals surface area contributed by atoms with Crippen LogP contribution < -0.4 is 9.47 Å². The molecule has 1 unspecified atom stereocenters. The molecule has 0 saturated carbocycles. The van der Waals surface area contributed by atoms with Crippen molar-refractivity contribution in [2.24, 2.45) is 0 Å². The molecule has 0 bridgehead atoms. The van der Waals surface area contributed by atoms with E-state index in [-0.39, 0.29) is 12.1 Å². The molecule has 1 aliphatic heterocycles. The number of aliphatic hydroxyl groups is 2. The molecule has 0 aromatic heterocycles. The summed E-state index contributed by atoms with van der Waals surface area (Å²) in [6.07, 6.45) is -1.52. The van der Waals surface area contributed by atoms with Crippen molar-refractivity contribution in [2.75, 3.05) is 27.8 Å². The summed E-state index contributed by atoms with van der Waals surface area (Å²) in [5.74, 6) is 1.30. The minimum absolute atomic E-state index is 0.0249. The molecular formula is C16H26NO4+. The standard InChI is InChI=1S/C16H26NO4/c1-6-17(3)10(2)15(18)16(19)14(17)11-7-8-12(20-4)13(9-11)21-5/h7-10,14-16,18-19H,6H2,1-5H3/q+1/t10-,14+,15-,16-,17?/m0/s1. The molecule has 118 valence electrons. The topological polar surface area (TPSA) is 58.9 Å². The van der Waals surface area contributed by atoms with Gasteiger partial charge in [-0.2, -0.15) is 0 Å². The Morgan fingerprint density at radius 2 is 1.71 bits per heavy atom. The fourth-order valence-electron chi connectivity index (χ4n) is 3.48. The van der Waals surface area contributed by atoms with Gasteiger partial charge in [-0.15, -0.1) is 0 Å². The first-order chi connectivity index (χ1) is 9.90. The van der Waals surface area contributed by atoms with Crippen molar-refractivity contribution in [3.63, 3.8) is 0 Å². The molecule has 0 amide bonds. The summed E-state index contributed by atoms with van der Waals surface area (Å²) < 4.78 is 11.2. The smallest absolute Gasteiger partial charge is 0.161 e. The monoisotopic (exact) mass is 296 g/mol. The molecule has 5 nitrogen and oxygen atoms in total. The first-order valence-corrected chi connectivity index (χ1v) is 7.33.